The first-order valence-electron chi connectivity index (χ1n) is 7.33. The number of hydrogen-bond acceptors (Lipinski definition) is 3. The van der Waals surface area contributed by atoms with Crippen molar-refractivity contribution in [3.8, 4) is 0 Å². The zero-order chi connectivity index (χ0) is 14.6. The smallest absolute Gasteiger partial charge is 0.232 e. The summed E-state index contributed by atoms with van der Waals surface area (Å²) < 4.78 is 0. The number of amides is 1. The van der Waals surface area contributed by atoms with Crippen molar-refractivity contribution in [1.82, 2.24) is 9.80 Å². The minimum atomic E-state index is -0.461. The van der Waals surface area contributed by atoms with Crippen molar-refractivity contribution in [3.05, 3.63) is 35.9 Å². The Morgan fingerprint density at radius 1 is 1.15 bits per heavy atom. The van der Waals surface area contributed by atoms with Crippen LogP contribution in [0.4, 0.5) is 0 Å². The van der Waals surface area contributed by atoms with Crippen LogP contribution in [0.25, 0.3) is 0 Å². The first-order valence-corrected chi connectivity index (χ1v) is 7.33. The monoisotopic (exact) mass is 275 g/mol. The highest BCUT2D eigenvalue weighted by Crippen LogP contribution is 2.26. The molecule has 2 rings (SSSR count). The number of carbonyl (C=O) groups is 1. The maximum absolute atomic E-state index is 12.8. The standard InChI is InChI=1S/C16H25N3O/c1-16(2,14-6-4-3-5-7-14)15(20)19-12-10-18(9-8-17)11-13-19/h3-7H,8-13,17H2,1-2H3. The number of rotatable bonds is 4. The Kier molecular flexibility index (Phi) is 4.78. The summed E-state index contributed by atoms with van der Waals surface area (Å²) in [6.45, 7) is 9.08. The normalized spacial score (nSPS) is 17.2. The molecule has 1 aromatic rings. The third-order valence-corrected chi connectivity index (χ3v) is 4.13. The van der Waals surface area contributed by atoms with E-state index in [9.17, 15) is 4.79 Å². The predicted molar refractivity (Wildman–Crippen MR) is 81.5 cm³/mol. The molecule has 0 unspecified atom stereocenters. The molecule has 1 fully saturated rings. The molecule has 4 nitrogen and oxygen atoms in total. The van der Waals surface area contributed by atoms with Crippen LogP contribution < -0.4 is 5.73 Å². The Morgan fingerprint density at radius 3 is 2.30 bits per heavy atom. The van der Waals surface area contributed by atoms with E-state index in [1.54, 1.807) is 0 Å². The number of nitrogens with zero attached hydrogens (tertiary/aromatic N) is 2. The van der Waals surface area contributed by atoms with Crippen molar-refractivity contribution in [3.63, 3.8) is 0 Å². The van der Waals surface area contributed by atoms with Crippen molar-refractivity contribution < 1.29 is 4.79 Å². The van der Waals surface area contributed by atoms with E-state index in [0.29, 0.717) is 6.54 Å². The molecule has 1 aromatic carbocycles. The molecule has 1 aliphatic heterocycles. The van der Waals surface area contributed by atoms with E-state index in [1.807, 2.05) is 49.1 Å². The summed E-state index contributed by atoms with van der Waals surface area (Å²) in [5.41, 5.74) is 6.19. The van der Waals surface area contributed by atoms with Crippen LogP contribution in [0.15, 0.2) is 30.3 Å². The fraction of sp³-hybridized carbons (Fsp3) is 0.562. The van der Waals surface area contributed by atoms with Crippen LogP contribution >= 0.6 is 0 Å². The number of hydrogen-bond donors (Lipinski definition) is 1. The SMILES string of the molecule is CC(C)(C(=O)N1CCN(CCN)CC1)c1ccccc1. The van der Waals surface area contributed by atoms with Crippen molar-refractivity contribution in [2.24, 2.45) is 5.73 Å². The molecule has 1 aliphatic rings. The maximum Gasteiger partial charge on any atom is 0.232 e. The second-order valence-electron chi connectivity index (χ2n) is 5.91. The maximum atomic E-state index is 12.8. The van der Waals surface area contributed by atoms with Crippen molar-refractivity contribution in [2.45, 2.75) is 19.3 Å². The summed E-state index contributed by atoms with van der Waals surface area (Å²) in [5, 5.41) is 0. The first-order chi connectivity index (χ1) is 9.55. The number of piperazine rings is 1. The molecule has 1 heterocycles. The van der Waals surface area contributed by atoms with Gasteiger partial charge >= 0.3 is 0 Å². The third kappa shape index (κ3) is 3.19. The Labute approximate surface area is 121 Å². The molecule has 0 aromatic heterocycles. The van der Waals surface area contributed by atoms with Gasteiger partial charge in [-0.1, -0.05) is 30.3 Å². The van der Waals surface area contributed by atoms with Crippen LogP contribution in [0.2, 0.25) is 0 Å². The van der Waals surface area contributed by atoms with Crippen molar-refractivity contribution in [1.29, 1.82) is 0 Å². The molecule has 110 valence electrons. The second kappa shape index (κ2) is 6.37. The minimum absolute atomic E-state index is 0.219. The molecule has 1 amide bonds. The summed E-state index contributed by atoms with van der Waals surface area (Å²) in [7, 11) is 0. The van der Waals surface area contributed by atoms with E-state index in [0.717, 1.165) is 38.3 Å². The molecule has 0 saturated carbocycles. The van der Waals surface area contributed by atoms with E-state index in [-0.39, 0.29) is 5.91 Å². The van der Waals surface area contributed by atoms with Gasteiger partial charge in [-0.15, -0.1) is 0 Å². The summed E-state index contributed by atoms with van der Waals surface area (Å²) in [4.78, 5) is 17.1. The lowest BCUT2D eigenvalue weighted by Crippen LogP contribution is -2.53. The van der Waals surface area contributed by atoms with Gasteiger partial charge in [0.15, 0.2) is 0 Å². The highest BCUT2D eigenvalue weighted by molar-refractivity contribution is 5.87. The molecule has 0 bridgehead atoms. The number of nitrogens with two attached hydrogens (primary N) is 1. The minimum Gasteiger partial charge on any atom is -0.339 e. The van der Waals surface area contributed by atoms with Gasteiger partial charge in [-0.05, 0) is 19.4 Å². The molecule has 1 saturated heterocycles. The number of carbonyl (C=O) groups excluding carboxylic acids is 1. The van der Waals surface area contributed by atoms with Gasteiger partial charge in [-0.2, -0.15) is 0 Å². The zero-order valence-electron chi connectivity index (χ0n) is 12.5. The van der Waals surface area contributed by atoms with E-state index in [1.165, 1.54) is 0 Å². The van der Waals surface area contributed by atoms with Gasteiger partial charge in [0, 0.05) is 39.3 Å². The van der Waals surface area contributed by atoms with Crippen LogP contribution in [0.1, 0.15) is 19.4 Å². The average Bonchev–Trinajstić information content (AvgIpc) is 2.48. The van der Waals surface area contributed by atoms with E-state index < -0.39 is 5.41 Å². The summed E-state index contributed by atoms with van der Waals surface area (Å²) in [5.74, 6) is 0.219. The fourth-order valence-corrected chi connectivity index (χ4v) is 2.73. The lowest BCUT2D eigenvalue weighted by molar-refractivity contribution is -0.138. The number of benzene rings is 1. The van der Waals surface area contributed by atoms with E-state index in [2.05, 4.69) is 4.90 Å². The van der Waals surface area contributed by atoms with Crippen LogP contribution in [0.5, 0.6) is 0 Å². The molecule has 0 atom stereocenters. The molecular formula is C16H25N3O. The van der Waals surface area contributed by atoms with Crippen molar-refractivity contribution in [2.75, 3.05) is 39.3 Å². The molecule has 0 spiro atoms. The molecule has 0 radical (unpaired) electrons. The van der Waals surface area contributed by atoms with Gasteiger partial charge in [0.25, 0.3) is 0 Å². The second-order valence-corrected chi connectivity index (χ2v) is 5.91. The highest BCUT2D eigenvalue weighted by atomic mass is 16.2. The van der Waals surface area contributed by atoms with Crippen LogP contribution in [-0.4, -0.2) is 55.0 Å². The molecule has 0 aliphatic carbocycles. The molecular weight excluding hydrogens is 250 g/mol. The lowest BCUT2D eigenvalue weighted by Gasteiger charge is -2.38. The van der Waals surface area contributed by atoms with Crippen LogP contribution in [-0.2, 0) is 10.2 Å². The molecule has 4 heteroatoms. The average molecular weight is 275 g/mol. The van der Waals surface area contributed by atoms with Gasteiger partial charge in [-0.3, -0.25) is 9.69 Å². The zero-order valence-corrected chi connectivity index (χ0v) is 12.5. The van der Waals surface area contributed by atoms with Gasteiger partial charge in [0.1, 0.15) is 0 Å². The quantitative estimate of drug-likeness (QED) is 0.894. The van der Waals surface area contributed by atoms with Gasteiger partial charge in [0.2, 0.25) is 5.91 Å². The Bertz CT molecular complexity index is 436. The fourth-order valence-electron chi connectivity index (χ4n) is 2.73. The topological polar surface area (TPSA) is 49.6 Å². The van der Waals surface area contributed by atoms with Gasteiger partial charge < -0.3 is 10.6 Å². The summed E-state index contributed by atoms with van der Waals surface area (Å²) in [6, 6.07) is 10.0. The molecule has 2 N–H and O–H groups in total. The Morgan fingerprint density at radius 2 is 1.75 bits per heavy atom. The molecule has 20 heavy (non-hydrogen) atoms. The largest absolute Gasteiger partial charge is 0.339 e. The van der Waals surface area contributed by atoms with Gasteiger partial charge in [0.05, 0.1) is 5.41 Å². The summed E-state index contributed by atoms with van der Waals surface area (Å²) in [6.07, 6.45) is 0. The van der Waals surface area contributed by atoms with Crippen LogP contribution in [0.3, 0.4) is 0 Å². The van der Waals surface area contributed by atoms with E-state index >= 15 is 0 Å². The summed E-state index contributed by atoms with van der Waals surface area (Å²) >= 11 is 0. The highest BCUT2D eigenvalue weighted by Gasteiger charge is 2.34. The van der Waals surface area contributed by atoms with Gasteiger partial charge in [-0.25, -0.2) is 0 Å². The lowest BCUT2D eigenvalue weighted by atomic mass is 9.83. The Balaban J connectivity index is 2.01. The van der Waals surface area contributed by atoms with E-state index in [4.69, 9.17) is 5.73 Å². The van der Waals surface area contributed by atoms with Crippen LogP contribution in [0, 0.1) is 0 Å². The van der Waals surface area contributed by atoms with Crippen molar-refractivity contribution >= 4 is 5.91 Å². The third-order valence-electron chi connectivity index (χ3n) is 4.13. The predicted octanol–water partition coefficient (Wildman–Crippen LogP) is 1.07. The Hall–Kier alpha value is -1.39. The first kappa shape index (κ1) is 15.0.